The number of esters is 1. The lowest BCUT2D eigenvalue weighted by Crippen LogP contribution is -2.26. The van der Waals surface area contributed by atoms with Crippen molar-refractivity contribution in [1.82, 2.24) is 0 Å². The van der Waals surface area contributed by atoms with E-state index in [1.807, 2.05) is 0 Å². The third-order valence-electron chi connectivity index (χ3n) is 2.98. The van der Waals surface area contributed by atoms with Crippen LogP contribution in [0, 0.1) is 10.1 Å². The molecule has 0 aliphatic heterocycles. The zero-order chi connectivity index (χ0) is 15.4. The Hall–Kier alpha value is -2.63. The van der Waals surface area contributed by atoms with Crippen molar-refractivity contribution in [1.29, 1.82) is 0 Å². The fraction of sp³-hybridized carbons (Fsp3) is 0.267. The number of hydrogen-bond acceptors (Lipinski definition) is 5. The second-order valence-electron chi connectivity index (χ2n) is 4.40. The molecular weight excluding hydrogens is 274 g/mol. The molecule has 0 N–H and O–H groups in total. The molecule has 0 aromatic heterocycles. The van der Waals surface area contributed by atoms with Crippen LogP contribution in [-0.4, -0.2) is 23.6 Å². The van der Waals surface area contributed by atoms with Crippen molar-refractivity contribution in [3.63, 3.8) is 0 Å². The summed E-state index contributed by atoms with van der Waals surface area (Å²) in [5, 5.41) is 12.1. The highest BCUT2D eigenvalue weighted by Gasteiger charge is 2.19. The highest BCUT2D eigenvalue weighted by molar-refractivity contribution is 5.95. The van der Waals surface area contributed by atoms with Crippen LogP contribution in [0.15, 0.2) is 36.4 Å². The van der Waals surface area contributed by atoms with Crippen LogP contribution in [0.25, 0.3) is 10.8 Å². The first kappa shape index (κ1) is 14.8. The third-order valence-corrected chi connectivity index (χ3v) is 2.98. The Labute approximate surface area is 121 Å². The molecule has 6 nitrogen and oxygen atoms in total. The molecule has 0 saturated heterocycles. The number of nitrogens with zero attached hydrogens (tertiary/aromatic N) is 1. The molecule has 0 unspecified atom stereocenters. The monoisotopic (exact) mass is 289 g/mol. The van der Waals surface area contributed by atoms with Crippen LogP contribution in [0.3, 0.4) is 0 Å². The normalized spacial score (nSPS) is 11.9. The molecule has 0 aliphatic carbocycles. The minimum absolute atomic E-state index is 0.00161. The van der Waals surface area contributed by atoms with Crippen LogP contribution < -0.4 is 4.74 Å². The molecule has 0 aliphatic rings. The first-order valence-corrected chi connectivity index (χ1v) is 6.54. The topological polar surface area (TPSA) is 78.7 Å². The van der Waals surface area contributed by atoms with Crippen molar-refractivity contribution in [3.05, 3.63) is 46.5 Å². The van der Waals surface area contributed by atoms with E-state index in [1.54, 1.807) is 38.1 Å². The van der Waals surface area contributed by atoms with Gasteiger partial charge in [-0.3, -0.25) is 10.1 Å². The molecule has 0 amide bonds. The van der Waals surface area contributed by atoms with Crippen molar-refractivity contribution in [2.45, 2.75) is 20.0 Å². The Balaban J connectivity index is 2.40. The van der Waals surface area contributed by atoms with Crippen molar-refractivity contribution in [2.75, 3.05) is 6.61 Å². The van der Waals surface area contributed by atoms with Crippen LogP contribution in [0.2, 0.25) is 0 Å². The maximum Gasteiger partial charge on any atom is 0.347 e. The number of non-ortho nitro benzene ring substituents is 1. The van der Waals surface area contributed by atoms with E-state index in [0.717, 1.165) is 0 Å². The van der Waals surface area contributed by atoms with Gasteiger partial charge in [-0.15, -0.1) is 0 Å². The predicted molar refractivity (Wildman–Crippen MR) is 77.3 cm³/mol. The van der Waals surface area contributed by atoms with Gasteiger partial charge in [-0.05, 0) is 26.0 Å². The summed E-state index contributed by atoms with van der Waals surface area (Å²) in [5.74, 6) is -0.0586. The lowest BCUT2D eigenvalue weighted by Gasteiger charge is -2.15. The van der Waals surface area contributed by atoms with Crippen LogP contribution >= 0.6 is 0 Å². The van der Waals surface area contributed by atoms with E-state index >= 15 is 0 Å². The summed E-state index contributed by atoms with van der Waals surface area (Å²) in [6.07, 6.45) is -0.783. The standard InChI is InChI=1S/C15H15NO5/c1-3-20-15(17)10(2)21-14-9-8-13(16(18)19)11-6-4-5-7-12(11)14/h4-10H,3H2,1-2H3/t10-/m1/s1. The molecule has 2 aromatic rings. The van der Waals surface area contributed by atoms with Gasteiger partial charge in [0.1, 0.15) is 5.75 Å². The summed E-state index contributed by atoms with van der Waals surface area (Å²) in [4.78, 5) is 22.2. The molecule has 0 saturated carbocycles. The summed E-state index contributed by atoms with van der Waals surface area (Å²) in [6.45, 7) is 3.56. The lowest BCUT2D eigenvalue weighted by atomic mass is 10.1. The van der Waals surface area contributed by atoms with E-state index in [9.17, 15) is 14.9 Å². The molecule has 2 rings (SSSR count). The zero-order valence-corrected chi connectivity index (χ0v) is 11.7. The fourth-order valence-electron chi connectivity index (χ4n) is 2.02. The predicted octanol–water partition coefficient (Wildman–Crippen LogP) is 3.08. The number of fused-ring (bicyclic) bond motifs is 1. The van der Waals surface area contributed by atoms with Crippen molar-refractivity contribution < 1.29 is 19.2 Å². The van der Waals surface area contributed by atoms with E-state index in [4.69, 9.17) is 9.47 Å². The van der Waals surface area contributed by atoms with Crippen molar-refractivity contribution in [3.8, 4) is 5.75 Å². The maximum atomic E-state index is 11.6. The van der Waals surface area contributed by atoms with E-state index in [-0.39, 0.29) is 12.3 Å². The Morgan fingerprint density at radius 2 is 1.90 bits per heavy atom. The van der Waals surface area contributed by atoms with Gasteiger partial charge in [0.05, 0.1) is 16.9 Å². The van der Waals surface area contributed by atoms with Gasteiger partial charge in [0.2, 0.25) is 0 Å². The Bertz CT molecular complexity index is 683. The lowest BCUT2D eigenvalue weighted by molar-refractivity contribution is -0.383. The average Bonchev–Trinajstić information content (AvgIpc) is 2.47. The first-order chi connectivity index (χ1) is 10.0. The fourth-order valence-corrected chi connectivity index (χ4v) is 2.02. The van der Waals surface area contributed by atoms with Gasteiger partial charge in [-0.1, -0.05) is 18.2 Å². The Kier molecular flexibility index (Phi) is 4.37. The summed E-state index contributed by atoms with van der Waals surface area (Å²) in [5.41, 5.74) is 0.00161. The number of rotatable bonds is 5. The van der Waals surface area contributed by atoms with Crippen molar-refractivity contribution >= 4 is 22.4 Å². The highest BCUT2D eigenvalue weighted by atomic mass is 16.6. The zero-order valence-electron chi connectivity index (χ0n) is 11.7. The van der Waals surface area contributed by atoms with E-state index in [0.29, 0.717) is 16.5 Å². The minimum atomic E-state index is -0.783. The molecule has 21 heavy (non-hydrogen) atoms. The molecule has 0 radical (unpaired) electrons. The molecule has 6 heteroatoms. The van der Waals surface area contributed by atoms with Crippen LogP contribution in [0.1, 0.15) is 13.8 Å². The molecule has 0 bridgehead atoms. The summed E-state index contributed by atoms with van der Waals surface area (Å²) < 4.78 is 10.5. The van der Waals surface area contributed by atoms with Gasteiger partial charge in [-0.25, -0.2) is 4.79 Å². The number of nitro groups is 1. The summed E-state index contributed by atoms with van der Waals surface area (Å²) in [7, 11) is 0. The second kappa shape index (κ2) is 6.21. The SMILES string of the molecule is CCOC(=O)[C@@H](C)Oc1ccc([N+](=O)[O-])c2ccccc12. The van der Waals surface area contributed by atoms with Gasteiger partial charge in [0, 0.05) is 11.5 Å². The average molecular weight is 289 g/mol. The molecular formula is C15H15NO5. The van der Waals surface area contributed by atoms with Crippen molar-refractivity contribution in [2.24, 2.45) is 0 Å². The van der Waals surface area contributed by atoms with Crippen LogP contribution in [0.4, 0.5) is 5.69 Å². The van der Waals surface area contributed by atoms with Gasteiger partial charge < -0.3 is 9.47 Å². The minimum Gasteiger partial charge on any atom is -0.478 e. The third kappa shape index (κ3) is 3.10. The largest absolute Gasteiger partial charge is 0.478 e. The van der Waals surface area contributed by atoms with E-state index < -0.39 is 17.0 Å². The quantitative estimate of drug-likeness (QED) is 0.480. The van der Waals surface area contributed by atoms with Gasteiger partial charge in [-0.2, -0.15) is 0 Å². The Morgan fingerprint density at radius 3 is 2.52 bits per heavy atom. The Morgan fingerprint density at radius 1 is 1.24 bits per heavy atom. The van der Waals surface area contributed by atoms with Gasteiger partial charge in [0.15, 0.2) is 6.10 Å². The number of carbonyl (C=O) groups excluding carboxylic acids is 1. The van der Waals surface area contributed by atoms with Crippen LogP contribution in [-0.2, 0) is 9.53 Å². The first-order valence-electron chi connectivity index (χ1n) is 6.54. The summed E-state index contributed by atoms with van der Waals surface area (Å²) >= 11 is 0. The number of nitro benzene ring substituents is 1. The van der Waals surface area contributed by atoms with E-state index in [2.05, 4.69) is 0 Å². The number of benzene rings is 2. The molecule has 110 valence electrons. The van der Waals surface area contributed by atoms with Gasteiger partial charge in [0.25, 0.3) is 5.69 Å². The number of hydrogen-bond donors (Lipinski definition) is 0. The van der Waals surface area contributed by atoms with Gasteiger partial charge >= 0.3 is 5.97 Å². The maximum absolute atomic E-state index is 11.6. The summed E-state index contributed by atoms with van der Waals surface area (Å²) in [6, 6.07) is 9.71. The van der Waals surface area contributed by atoms with E-state index in [1.165, 1.54) is 12.1 Å². The van der Waals surface area contributed by atoms with Crippen LogP contribution in [0.5, 0.6) is 5.75 Å². The molecule has 2 aromatic carbocycles. The number of ether oxygens (including phenoxy) is 2. The highest BCUT2D eigenvalue weighted by Crippen LogP contribution is 2.33. The molecule has 0 heterocycles. The number of carbonyl (C=O) groups is 1. The smallest absolute Gasteiger partial charge is 0.347 e. The second-order valence-corrected chi connectivity index (χ2v) is 4.40. The molecule has 0 spiro atoms. The molecule has 0 fully saturated rings. The molecule has 1 atom stereocenters.